The molecule has 370 valence electrons. The molecular weight excluding hydrogens is 889 g/mol. The molecule has 0 spiro atoms. The minimum atomic E-state index is -1.03. The highest BCUT2D eigenvalue weighted by molar-refractivity contribution is 5.75. The summed E-state index contributed by atoms with van der Waals surface area (Å²) in [6.07, 6.45) is 9.05. The van der Waals surface area contributed by atoms with Crippen molar-refractivity contribution in [3.05, 3.63) is 133 Å². The smallest absolute Gasteiger partial charge is 0.326 e. The zero-order valence-corrected chi connectivity index (χ0v) is 38.1. The maximum Gasteiger partial charge on any atom is 0.326 e. The van der Waals surface area contributed by atoms with Gasteiger partial charge in [0, 0.05) is 30.8 Å². The molecule has 67 heavy (non-hydrogen) atoms. The number of fused-ring (bicyclic) bond motifs is 1. The number of H-pyrrole nitrogens is 1. The highest BCUT2D eigenvalue weighted by atomic mass is 19.1. The molecule has 1 aromatic heterocycles. The fraction of sp³-hybridized carbons (Fsp3) is 0.457. The average Bonchev–Trinajstić information content (AvgIpc) is 4.06. The number of aliphatic hydroxyl groups is 1. The number of nitrogens with one attached hydrogen (secondary N) is 3. The monoisotopic (exact) mass is 952 g/mol. The highest BCUT2D eigenvalue weighted by Crippen LogP contribution is 2.36. The number of nitrogens with two attached hydrogens (primary N) is 2. The Balaban J connectivity index is 0.000000281. The van der Waals surface area contributed by atoms with Crippen LogP contribution in [0.15, 0.2) is 77.6 Å². The molecule has 8 N–H and O–H groups in total. The molecule has 15 nitrogen and oxygen atoms in total. The topological polar surface area (TPSA) is 224 Å². The first kappa shape index (κ1) is 55.1. The molecule has 1 heterocycles. The molecule has 0 saturated heterocycles. The van der Waals surface area contributed by atoms with Crippen molar-refractivity contribution in [1.82, 2.24) is 14.5 Å². The van der Waals surface area contributed by atoms with Crippen molar-refractivity contribution in [3.63, 3.8) is 0 Å². The standard InChI is InChI=1S/C10H9FN2O.C9H9FN2O2.C9H11FN2.C6H3F2NO2.C6H15N.C3H7N.C2H6O.CH3F/c11-6-1-4-9-8(5-6)12-10(14)13(9)7-2-3-7;10-6-1-4-8(11-7-2-3-7)9(5-6)12(13)14;10-6-1-4-9(8(11)5-6)12-7-2-3-7;7-4-1-2-5(8)6(3-4)9(10)11;1-4-7(5-2)6-3;4-3-1-2-3;1-2-3;1-2/h1,4-5,7H,2-3H2,(H,12,14);1,4-5,7,11H,2-3H2;1,4-5,7,12H,2-3,11H2;1-3H;4-6H2,1-3H3;3H,1-2,4H2;3H,2H2,1H3;1H3/i;;;;;;;1D. The molecule has 4 aliphatic rings. The van der Waals surface area contributed by atoms with Crippen LogP contribution in [0.5, 0.6) is 0 Å². The summed E-state index contributed by atoms with van der Waals surface area (Å²) in [5.74, 6) is -3.04. The van der Waals surface area contributed by atoms with E-state index in [0.717, 1.165) is 49.0 Å². The second-order valence-corrected chi connectivity index (χ2v) is 15.3. The summed E-state index contributed by atoms with van der Waals surface area (Å²) in [5, 5.41) is 34.3. The van der Waals surface area contributed by atoms with Gasteiger partial charge in [-0.1, -0.05) is 20.8 Å². The number of benzene rings is 4. The number of imidazole rings is 1. The molecule has 0 radical (unpaired) electrons. The van der Waals surface area contributed by atoms with Crippen LogP contribution in [0.25, 0.3) is 11.0 Å². The number of hydrogen-bond donors (Lipinski definition) is 6. The number of aliphatic hydroxyl groups excluding tert-OH is 1. The van der Waals surface area contributed by atoms with Gasteiger partial charge in [0.1, 0.15) is 29.0 Å². The largest absolute Gasteiger partial charge is 0.397 e. The Morgan fingerprint density at radius 3 is 1.55 bits per heavy atom. The summed E-state index contributed by atoms with van der Waals surface area (Å²) in [7, 11) is -1.00. The molecule has 0 atom stereocenters. The third kappa shape index (κ3) is 21.8. The molecule has 4 saturated carbocycles. The van der Waals surface area contributed by atoms with Crippen molar-refractivity contribution in [2.45, 2.75) is 103 Å². The number of aromatic amines is 1. The van der Waals surface area contributed by atoms with E-state index >= 15 is 0 Å². The predicted molar refractivity (Wildman–Crippen MR) is 251 cm³/mol. The van der Waals surface area contributed by atoms with E-state index in [9.17, 15) is 51.4 Å². The van der Waals surface area contributed by atoms with Crippen LogP contribution >= 0.6 is 0 Å². The summed E-state index contributed by atoms with van der Waals surface area (Å²) >= 11 is 0. The number of nitrogen functional groups attached to an aromatic ring is 1. The van der Waals surface area contributed by atoms with Gasteiger partial charge in [0.25, 0.3) is 5.69 Å². The normalized spacial score (nSPS) is 14.3. The van der Waals surface area contributed by atoms with Crippen molar-refractivity contribution >= 4 is 39.5 Å². The maximum absolute atomic E-state index is 12.9. The van der Waals surface area contributed by atoms with E-state index in [1.165, 1.54) is 81.7 Å². The highest BCUT2D eigenvalue weighted by Gasteiger charge is 2.27. The lowest BCUT2D eigenvalue weighted by Crippen LogP contribution is -2.21. The zero-order chi connectivity index (χ0) is 50.9. The SMILES string of the molecule is CCN(CC)CC.CCO.NC1CC1.Nc1cc(F)ccc1NC1CC1.O=[N+]([O-])c1cc(F)ccc1F.O=[N+]([O-])c1cc(F)ccc1NC1CC1.O=c1[nH]c2cc(F)ccc2n1C1CC1.[2H]CF. The van der Waals surface area contributed by atoms with E-state index < -0.39 is 40.1 Å². The van der Waals surface area contributed by atoms with Gasteiger partial charge in [-0.3, -0.25) is 29.2 Å². The minimum Gasteiger partial charge on any atom is -0.397 e. The third-order valence-electron chi connectivity index (χ3n) is 9.70. The lowest BCUT2D eigenvalue weighted by molar-refractivity contribution is -0.387. The van der Waals surface area contributed by atoms with Crippen molar-refractivity contribution in [3.8, 4) is 0 Å². The first-order valence-corrected chi connectivity index (χ1v) is 21.8. The van der Waals surface area contributed by atoms with Gasteiger partial charge < -0.3 is 37.1 Å². The van der Waals surface area contributed by atoms with Crippen LogP contribution in [0, 0.1) is 49.3 Å². The molecule has 0 amide bonds. The molecule has 4 aromatic carbocycles. The fourth-order valence-corrected chi connectivity index (χ4v) is 5.53. The van der Waals surface area contributed by atoms with Gasteiger partial charge in [0.05, 0.1) is 52.9 Å². The van der Waals surface area contributed by atoms with Gasteiger partial charge in [0.15, 0.2) is 0 Å². The number of hydrogen-bond acceptors (Lipinski definition) is 11. The van der Waals surface area contributed by atoms with Gasteiger partial charge in [-0.25, -0.2) is 22.4 Å². The lowest BCUT2D eigenvalue weighted by Gasteiger charge is -2.13. The number of halogens is 6. The van der Waals surface area contributed by atoms with Gasteiger partial charge >= 0.3 is 11.4 Å². The van der Waals surface area contributed by atoms with E-state index in [4.69, 9.17) is 17.9 Å². The molecule has 5 aromatic rings. The number of nitrogens with zero attached hydrogens (tertiary/aromatic N) is 4. The molecule has 21 heteroatoms. The summed E-state index contributed by atoms with van der Waals surface area (Å²) in [5.41, 5.74) is 12.8. The van der Waals surface area contributed by atoms with E-state index in [2.05, 4.69) is 41.3 Å². The van der Waals surface area contributed by atoms with Crippen molar-refractivity contribution in [1.29, 1.82) is 0 Å². The van der Waals surface area contributed by atoms with Crippen LogP contribution in [-0.4, -0.2) is 80.9 Å². The second-order valence-electron chi connectivity index (χ2n) is 15.3. The summed E-state index contributed by atoms with van der Waals surface area (Å²) < 4.78 is 80.0. The van der Waals surface area contributed by atoms with E-state index in [-0.39, 0.29) is 29.6 Å². The predicted octanol–water partition coefficient (Wildman–Crippen LogP) is 10.0. The fourth-order valence-electron chi connectivity index (χ4n) is 5.53. The average molecular weight is 953 g/mol. The Morgan fingerprint density at radius 2 is 1.15 bits per heavy atom. The number of nitro benzene ring substituents is 2. The molecule has 0 bridgehead atoms. The Hall–Kier alpha value is -6.19. The zero-order valence-electron chi connectivity index (χ0n) is 39.1. The number of alkyl halides is 1. The Labute approximate surface area is 387 Å². The van der Waals surface area contributed by atoms with Gasteiger partial charge in [-0.15, -0.1) is 0 Å². The molecule has 0 aliphatic heterocycles. The number of rotatable bonds is 10. The van der Waals surface area contributed by atoms with E-state index in [1.54, 1.807) is 23.6 Å². The number of anilines is 3. The summed E-state index contributed by atoms with van der Waals surface area (Å²) in [6, 6.07) is 16.2. The third-order valence-corrected chi connectivity index (χ3v) is 9.70. The molecular formula is C46H63F6N9O6. The van der Waals surface area contributed by atoms with Gasteiger partial charge in [0.2, 0.25) is 5.82 Å². The number of aromatic nitrogens is 2. The summed E-state index contributed by atoms with van der Waals surface area (Å²) in [4.78, 5) is 35.5. The lowest BCUT2D eigenvalue weighted by atomic mass is 10.2. The van der Waals surface area contributed by atoms with Crippen molar-refractivity contribution in [2.24, 2.45) is 5.73 Å². The Bertz CT molecular complexity index is 2350. The van der Waals surface area contributed by atoms with Crippen LogP contribution in [0.4, 0.5) is 54.8 Å². The Morgan fingerprint density at radius 1 is 0.731 bits per heavy atom. The van der Waals surface area contributed by atoms with Crippen molar-refractivity contribution < 1.29 is 42.7 Å². The van der Waals surface area contributed by atoms with E-state index in [1.807, 2.05) is 0 Å². The first-order chi connectivity index (χ1) is 32.4. The van der Waals surface area contributed by atoms with Gasteiger partial charge in [-0.2, -0.15) is 4.39 Å². The van der Waals surface area contributed by atoms with Crippen LogP contribution in [0.1, 0.15) is 86.5 Å². The number of nitro groups is 2. The van der Waals surface area contributed by atoms with Gasteiger partial charge in [-0.05, 0) is 139 Å². The van der Waals surface area contributed by atoms with Crippen LogP contribution in [0.3, 0.4) is 0 Å². The first-order valence-electron chi connectivity index (χ1n) is 22.5. The Kier molecular flexibility index (Phi) is 24.2. The second kappa shape index (κ2) is 29.4. The summed E-state index contributed by atoms with van der Waals surface area (Å²) in [6.45, 7) is 12.1. The van der Waals surface area contributed by atoms with Crippen LogP contribution in [-0.2, 0) is 0 Å². The quantitative estimate of drug-likeness (QED) is 0.0334. The van der Waals surface area contributed by atoms with Crippen LogP contribution in [0.2, 0.25) is 0 Å². The molecule has 9 rings (SSSR count). The van der Waals surface area contributed by atoms with E-state index in [0.29, 0.717) is 53.2 Å². The molecule has 4 fully saturated rings. The van der Waals surface area contributed by atoms with Crippen LogP contribution < -0.4 is 27.8 Å². The maximum atomic E-state index is 12.9. The molecule has 4 aliphatic carbocycles. The van der Waals surface area contributed by atoms with Crippen molar-refractivity contribution in [2.75, 3.05) is 49.8 Å². The minimum absolute atomic E-state index is 0.131. The molecule has 0 unspecified atom stereocenters.